The lowest BCUT2D eigenvalue weighted by Crippen LogP contribution is -2.33. The van der Waals surface area contributed by atoms with E-state index in [2.05, 4.69) is 20.4 Å². The van der Waals surface area contributed by atoms with Gasteiger partial charge in [0.1, 0.15) is 11.6 Å². The topological polar surface area (TPSA) is 63.1 Å². The first-order chi connectivity index (χ1) is 12.1. The summed E-state index contributed by atoms with van der Waals surface area (Å²) in [4.78, 5) is 14.5. The predicted octanol–water partition coefficient (Wildman–Crippen LogP) is 1.47. The standard InChI is InChI=1S/C18H22FN5O/c1-2-20-18(25)17-22-21-16-7-13-9-23(10-14(13)11-24(16)17)8-12-3-5-15(19)6-4-12/h3-6,13-14H,2,7-11H2,1H3,(H,20,25)/t13-,14-/m0/s1. The number of carbonyl (C=O) groups excluding carboxylic acids is 1. The summed E-state index contributed by atoms with van der Waals surface area (Å²) in [6, 6.07) is 6.72. The van der Waals surface area contributed by atoms with Crippen LogP contribution in [-0.4, -0.2) is 45.2 Å². The summed E-state index contributed by atoms with van der Waals surface area (Å²) < 4.78 is 15.0. The van der Waals surface area contributed by atoms with E-state index in [1.165, 1.54) is 12.1 Å². The van der Waals surface area contributed by atoms with Gasteiger partial charge in [0, 0.05) is 39.1 Å². The largest absolute Gasteiger partial charge is 0.350 e. The number of hydrogen-bond acceptors (Lipinski definition) is 4. The highest BCUT2D eigenvalue weighted by Gasteiger charge is 2.38. The molecule has 132 valence electrons. The average Bonchev–Trinajstić information content (AvgIpc) is 3.17. The van der Waals surface area contributed by atoms with Gasteiger partial charge in [-0.25, -0.2) is 4.39 Å². The summed E-state index contributed by atoms with van der Waals surface area (Å²) in [7, 11) is 0. The maximum atomic E-state index is 13.1. The summed E-state index contributed by atoms with van der Waals surface area (Å²) in [5.41, 5.74) is 1.13. The molecule has 0 unspecified atom stereocenters. The zero-order valence-electron chi connectivity index (χ0n) is 14.3. The van der Waals surface area contributed by atoms with Crippen LogP contribution in [0.3, 0.4) is 0 Å². The molecule has 0 spiro atoms. The maximum Gasteiger partial charge on any atom is 0.289 e. The van der Waals surface area contributed by atoms with Gasteiger partial charge in [-0.2, -0.15) is 0 Å². The summed E-state index contributed by atoms with van der Waals surface area (Å²) in [5.74, 6) is 2.02. The Morgan fingerprint density at radius 1 is 1.20 bits per heavy atom. The van der Waals surface area contributed by atoms with Gasteiger partial charge in [-0.15, -0.1) is 10.2 Å². The molecule has 0 aliphatic carbocycles. The molecule has 2 aliphatic rings. The molecule has 6 nitrogen and oxygen atoms in total. The minimum Gasteiger partial charge on any atom is -0.350 e. The Bertz CT molecular complexity index is 772. The summed E-state index contributed by atoms with van der Waals surface area (Å²) in [6.07, 6.45) is 0.858. The highest BCUT2D eigenvalue weighted by Crippen LogP contribution is 2.33. The third-order valence-corrected chi connectivity index (χ3v) is 5.20. The van der Waals surface area contributed by atoms with Crippen LogP contribution in [0.2, 0.25) is 0 Å². The van der Waals surface area contributed by atoms with Crippen LogP contribution in [-0.2, 0) is 19.5 Å². The van der Waals surface area contributed by atoms with Crippen molar-refractivity contribution in [3.8, 4) is 0 Å². The maximum absolute atomic E-state index is 13.1. The fraction of sp³-hybridized carbons (Fsp3) is 0.500. The monoisotopic (exact) mass is 343 g/mol. The molecule has 0 radical (unpaired) electrons. The first kappa shape index (κ1) is 16.2. The Morgan fingerprint density at radius 2 is 1.96 bits per heavy atom. The molecule has 1 fully saturated rings. The summed E-state index contributed by atoms with van der Waals surface area (Å²) in [6.45, 7) is 6.08. The highest BCUT2D eigenvalue weighted by molar-refractivity contribution is 5.90. The van der Waals surface area contributed by atoms with Gasteiger partial charge in [0.25, 0.3) is 5.91 Å². The van der Waals surface area contributed by atoms with Gasteiger partial charge < -0.3 is 9.88 Å². The van der Waals surface area contributed by atoms with Crippen LogP contribution >= 0.6 is 0 Å². The predicted molar refractivity (Wildman–Crippen MR) is 90.4 cm³/mol. The Kier molecular flexibility index (Phi) is 4.25. The zero-order chi connectivity index (χ0) is 17.4. The molecule has 1 saturated heterocycles. The van der Waals surface area contributed by atoms with Crippen molar-refractivity contribution in [2.24, 2.45) is 11.8 Å². The Hall–Kier alpha value is -2.28. The number of aromatic nitrogens is 3. The second-order valence-corrected chi connectivity index (χ2v) is 6.95. The average molecular weight is 343 g/mol. The number of fused-ring (bicyclic) bond motifs is 2. The van der Waals surface area contributed by atoms with Crippen LogP contribution in [0.5, 0.6) is 0 Å². The number of carbonyl (C=O) groups is 1. The van der Waals surface area contributed by atoms with Gasteiger partial charge in [0.2, 0.25) is 5.82 Å². The minimum absolute atomic E-state index is 0.152. The smallest absolute Gasteiger partial charge is 0.289 e. The molecule has 0 saturated carbocycles. The van der Waals surface area contributed by atoms with Crippen molar-refractivity contribution in [1.29, 1.82) is 0 Å². The van der Waals surface area contributed by atoms with E-state index in [1.54, 1.807) is 0 Å². The molecule has 25 heavy (non-hydrogen) atoms. The Labute approximate surface area is 146 Å². The molecule has 3 heterocycles. The molecule has 4 rings (SSSR count). The highest BCUT2D eigenvalue weighted by atomic mass is 19.1. The molecule has 2 atom stereocenters. The van der Waals surface area contributed by atoms with E-state index in [1.807, 2.05) is 23.6 Å². The first-order valence-electron chi connectivity index (χ1n) is 8.81. The lowest BCUT2D eigenvalue weighted by Gasteiger charge is -2.25. The number of hydrogen-bond donors (Lipinski definition) is 1. The van der Waals surface area contributed by atoms with Crippen LogP contribution in [0.25, 0.3) is 0 Å². The molecular weight excluding hydrogens is 321 g/mol. The van der Waals surface area contributed by atoms with Gasteiger partial charge in [-0.05, 0) is 36.5 Å². The van der Waals surface area contributed by atoms with Crippen molar-refractivity contribution in [2.45, 2.75) is 26.4 Å². The van der Waals surface area contributed by atoms with Crippen molar-refractivity contribution in [3.63, 3.8) is 0 Å². The molecular formula is C18H22FN5O. The Morgan fingerprint density at radius 3 is 2.72 bits per heavy atom. The van der Waals surface area contributed by atoms with E-state index in [9.17, 15) is 9.18 Å². The lowest BCUT2D eigenvalue weighted by molar-refractivity contribution is 0.0937. The van der Waals surface area contributed by atoms with E-state index < -0.39 is 0 Å². The third kappa shape index (κ3) is 3.16. The quantitative estimate of drug-likeness (QED) is 0.913. The molecule has 1 N–H and O–H groups in total. The molecule has 1 aromatic carbocycles. The number of nitrogens with one attached hydrogen (secondary N) is 1. The van der Waals surface area contributed by atoms with Crippen molar-refractivity contribution >= 4 is 5.91 Å². The van der Waals surface area contributed by atoms with Crippen molar-refractivity contribution in [1.82, 2.24) is 25.0 Å². The molecule has 1 amide bonds. The van der Waals surface area contributed by atoms with Crippen molar-refractivity contribution in [3.05, 3.63) is 47.3 Å². The van der Waals surface area contributed by atoms with E-state index in [4.69, 9.17) is 0 Å². The SMILES string of the molecule is CCNC(=O)c1nnc2n1C[C@@H]1CN(Cc3ccc(F)cc3)C[C@@H]1C2. The van der Waals surface area contributed by atoms with E-state index in [0.717, 1.165) is 44.0 Å². The normalized spacial score (nSPS) is 22.5. The lowest BCUT2D eigenvalue weighted by atomic mass is 9.89. The number of benzene rings is 1. The number of likely N-dealkylation sites (tertiary alicyclic amines) is 1. The number of amides is 1. The van der Waals surface area contributed by atoms with Crippen molar-refractivity contribution in [2.75, 3.05) is 19.6 Å². The van der Waals surface area contributed by atoms with E-state index in [0.29, 0.717) is 24.2 Å². The van der Waals surface area contributed by atoms with E-state index >= 15 is 0 Å². The Balaban J connectivity index is 1.45. The van der Waals surface area contributed by atoms with Crippen molar-refractivity contribution < 1.29 is 9.18 Å². The molecule has 2 aromatic rings. The number of rotatable bonds is 4. The minimum atomic E-state index is -0.199. The molecule has 7 heteroatoms. The fourth-order valence-electron chi connectivity index (χ4n) is 4.01. The fourth-order valence-corrected chi connectivity index (χ4v) is 4.01. The van der Waals surface area contributed by atoms with Gasteiger partial charge in [0.05, 0.1) is 0 Å². The van der Waals surface area contributed by atoms with Crippen LogP contribution in [0.4, 0.5) is 4.39 Å². The van der Waals surface area contributed by atoms with Gasteiger partial charge >= 0.3 is 0 Å². The zero-order valence-corrected chi connectivity index (χ0v) is 14.3. The number of halogens is 1. The van der Waals surface area contributed by atoms with Gasteiger partial charge in [-0.1, -0.05) is 12.1 Å². The van der Waals surface area contributed by atoms with Gasteiger partial charge in [0.15, 0.2) is 0 Å². The second kappa shape index (κ2) is 6.55. The molecule has 2 aliphatic heterocycles. The van der Waals surface area contributed by atoms with Crippen LogP contribution < -0.4 is 5.32 Å². The third-order valence-electron chi connectivity index (χ3n) is 5.20. The van der Waals surface area contributed by atoms with Crippen LogP contribution in [0.1, 0.15) is 28.9 Å². The first-order valence-corrected chi connectivity index (χ1v) is 8.81. The van der Waals surface area contributed by atoms with E-state index in [-0.39, 0.29) is 11.7 Å². The summed E-state index contributed by atoms with van der Waals surface area (Å²) >= 11 is 0. The van der Waals surface area contributed by atoms with Gasteiger partial charge in [-0.3, -0.25) is 9.69 Å². The molecule has 1 aromatic heterocycles. The summed E-state index contributed by atoms with van der Waals surface area (Å²) in [5, 5.41) is 11.1. The second-order valence-electron chi connectivity index (χ2n) is 6.95. The molecule has 0 bridgehead atoms. The van der Waals surface area contributed by atoms with Crippen LogP contribution in [0.15, 0.2) is 24.3 Å². The van der Waals surface area contributed by atoms with Crippen LogP contribution in [0, 0.1) is 17.7 Å². The number of nitrogens with zero attached hydrogens (tertiary/aromatic N) is 4.